The van der Waals surface area contributed by atoms with Gasteiger partial charge in [-0.15, -0.1) is 0 Å². The van der Waals surface area contributed by atoms with E-state index in [0.717, 1.165) is 0 Å². The van der Waals surface area contributed by atoms with Gasteiger partial charge in [-0.3, -0.25) is 0 Å². The first-order valence-corrected chi connectivity index (χ1v) is 5.83. The van der Waals surface area contributed by atoms with Crippen LogP contribution >= 0.6 is 0 Å². The van der Waals surface area contributed by atoms with E-state index < -0.39 is 11.9 Å². The van der Waals surface area contributed by atoms with Crippen LogP contribution in [0.4, 0.5) is 0 Å². The van der Waals surface area contributed by atoms with E-state index in [1.165, 1.54) is 6.92 Å². The summed E-state index contributed by atoms with van der Waals surface area (Å²) in [4.78, 5) is 25.7. The highest BCUT2D eigenvalue weighted by atomic mass is 16.6. The Labute approximate surface area is 116 Å². The van der Waals surface area contributed by atoms with E-state index in [0.29, 0.717) is 5.56 Å². The molecule has 0 aliphatic heterocycles. The van der Waals surface area contributed by atoms with Gasteiger partial charge in [0, 0.05) is 5.57 Å². The molecule has 104 valence electrons. The van der Waals surface area contributed by atoms with Crippen molar-refractivity contribution in [3.63, 3.8) is 0 Å². The predicted octanol–water partition coefficient (Wildman–Crippen LogP) is 1.37. The van der Waals surface area contributed by atoms with Gasteiger partial charge < -0.3 is 15.0 Å². The van der Waals surface area contributed by atoms with Crippen molar-refractivity contribution in [3.8, 4) is 0 Å². The minimum absolute atomic E-state index is 0.0923. The molecule has 0 N–H and O–H groups in total. The number of rotatable bonds is 6. The van der Waals surface area contributed by atoms with Gasteiger partial charge in [0.15, 0.2) is 0 Å². The normalized spacial score (nSPS) is 9.25. The molecule has 0 spiro atoms. The zero-order valence-electron chi connectivity index (χ0n) is 11.0. The van der Waals surface area contributed by atoms with Crippen LogP contribution in [0.5, 0.6) is 0 Å². The van der Waals surface area contributed by atoms with E-state index in [2.05, 4.69) is 11.4 Å². The van der Waals surface area contributed by atoms with E-state index in [4.69, 9.17) is 15.0 Å². The van der Waals surface area contributed by atoms with Gasteiger partial charge in [0.2, 0.25) is 0 Å². The summed E-state index contributed by atoms with van der Waals surface area (Å²) in [5, 5.41) is 0. The Morgan fingerprint density at radius 1 is 1.15 bits per heavy atom. The fourth-order valence-corrected chi connectivity index (χ4v) is 1.27. The first kappa shape index (κ1) is 15.3. The topological polar surface area (TPSA) is 89.0 Å². The van der Waals surface area contributed by atoms with Gasteiger partial charge in [-0.1, -0.05) is 24.8 Å². The van der Waals surface area contributed by atoms with Gasteiger partial charge in [-0.2, -0.15) is 4.79 Å². The lowest BCUT2D eigenvalue weighted by atomic mass is 10.1. The average Bonchev–Trinajstić information content (AvgIpc) is 2.45. The summed E-state index contributed by atoms with van der Waals surface area (Å²) >= 11 is 0. The van der Waals surface area contributed by atoms with E-state index in [1.807, 2.05) is 0 Å². The Kier molecular flexibility index (Phi) is 5.87. The predicted molar refractivity (Wildman–Crippen MR) is 70.9 cm³/mol. The third-order valence-electron chi connectivity index (χ3n) is 2.24. The molecule has 0 bridgehead atoms. The van der Waals surface area contributed by atoms with Crippen LogP contribution in [-0.2, 0) is 19.1 Å². The Balaban J connectivity index is 2.48. The van der Waals surface area contributed by atoms with E-state index in [1.54, 1.807) is 30.3 Å². The molecule has 0 radical (unpaired) electrons. The van der Waals surface area contributed by atoms with Crippen LogP contribution in [-0.4, -0.2) is 35.7 Å². The molecular formula is C14H14N2O4. The molecule has 1 aromatic rings. The molecule has 0 atom stereocenters. The monoisotopic (exact) mass is 274 g/mol. The molecule has 0 amide bonds. The summed E-state index contributed by atoms with van der Waals surface area (Å²) in [5.41, 5.74) is 9.34. The van der Waals surface area contributed by atoms with Gasteiger partial charge in [0.25, 0.3) is 0 Å². The molecule has 0 saturated heterocycles. The van der Waals surface area contributed by atoms with Crippen LogP contribution in [0.15, 0.2) is 42.5 Å². The number of benzene rings is 1. The lowest BCUT2D eigenvalue weighted by molar-refractivity contribution is -0.147. The van der Waals surface area contributed by atoms with Crippen molar-refractivity contribution in [2.45, 2.75) is 6.92 Å². The molecule has 0 saturated carbocycles. The summed E-state index contributed by atoms with van der Waals surface area (Å²) in [5.74, 6) is -1.36. The van der Waals surface area contributed by atoms with E-state index >= 15 is 0 Å². The van der Waals surface area contributed by atoms with Crippen molar-refractivity contribution in [1.29, 1.82) is 0 Å². The second kappa shape index (κ2) is 7.66. The summed E-state index contributed by atoms with van der Waals surface area (Å²) in [6.45, 7) is 4.70. The first-order chi connectivity index (χ1) is 9.56. The molecule has 0 fully saturated rings. The number of hydrogen-bond donors (Lipinski definition) is 0. The zero-order chi connectivity index (χ0) is 15.0. The minimum Gasteiger partial charge on any atom is -0.459 e. The number of carbonyl (C=O) groups is 2. The fourth-order valence-electron chi connectivity index (χ4n) is 1.27. The maximum atomic E-state index is 11.7. The Hall–Kier alpha value is -2.72. The molecule has 1 rings (SSSR count). The molecule has 0 aromatic heterocycles. The number of ether oxygens (including phenoxy) is 2. The Bertz CT molecular complexity index is 560. The largest absolute Gasteiger partial charge is 0.459 e. The molecule has 0 aliphatic rings. The van der Waals surface area contributed by atoms with Crippen molar-refractivity contribution >= 4 is 17.7 Å². The van der Waals surface area contributed by atoms with Gasteiger partial charge in [-0.05, 0) is 19.1 Å². The summed E-state index contributed by atoms with van der Waals surface area (Å²) < 4.78 is 9.60. The van der Waals surface area contributed by atoms with Crippen LogP contribution < -0.4 is 0 Å². The van der Waals surface area contributed by atoms with Crippen LogP contribution in [0.25, 0.3) is 5.53 Å². The van der Waals surface area contributed by atoms with Crippen LogP contribution in [0.1, 0.15) is 12.5 Å². The summed E-state index contributed by atoms with van der Waals surface area (Å²) in [6, 6.07) is 8.38. The maximum absolute atomic E-state index is 11.7. The maximum Gasteiger partial charge on any atom is 0.422 e. The molecular weight excluding hydrogens is 260 g/mol. The standard InChI is InChI=1S/C14H14N2O4/c1-10(2)13(17)19-8-9-20-14(18)12(16-15)11-6-4-3-5-7-11/h3-7H,1,8-9H2,2H3. The van der Waals surface area contributed by atoms with Crippen molar-refractivity contribution in [2.75, 3.05) is 13.2 Å². The van der Waals surface area contributed by atoms with Crippen molar-refractivity contribution in [1.82, 2.24) is 0 Å². The van der Waals surface area contributed by atoms with Crippen LogP contribution in [0.3, 0.4) is 0 Å². The quantitative estimate of drug-likeness (QED) is 0.196. The molecule has 0 unspecified atom stereocenters. The molecule has 20 heavy (non-hydrogen) atoms. The van der Waals surface area contributed by atoms with Crippen molar-refractivity contribution in [2.24, 2.45) is 0 Å². The van der Waals surface area contributed by atoms with Gasteiger partial charge in [-0.25, -0.2) is 9.59 Å². The average molecular weight is 274 g/mol. The van der Waals surface area contributed by atoms with Crippen molar-refractivity contribution in [3.05, 3.63) is 53.6 Å². The van der Waals surface area contributed by atoms with Crippen LogP contribution in [0.2, 0.25) is 0 Å². The number of nitrogens with zero attached hydrogens (tertiary/aromatic N) is 2. The molecule has 0 heterocycles. The molecule has 6 heteroatoms. The fraction of sp³-hybridized carbons (Fsp3) is 0.214. The van der Waals surface area contributed by atoms with Crippen molar-refractivity contribution < 1.29 is 23.9 Å². The number of carbonyl (C=O) groups excluding carboxylic acids is 2. The number of hydrogen-bond acceptors (Lipinski definition) is 4. The highest BCUT2D eigenvalue weighted by Crippen LogP contribution is 2.01. The minimum atomic E-state index is -0.801. The van der Waals surface area contributed by atoms with Gasteiger partial charge >= 0.3 is 17.7 Å². The van der Waals surface area contributed by atoms with Gasteiger partial charge in [0.05, 0.1) is 5.56 Å². The first-order valence-electron chi connectivity index (χ1n) is 5.83. The SMILES string of the molecule is C=C(C)C(=O)OCCOC(=O)C(=[N+]=[N-])c1ccccc1. The third-order valence-corrected chi connectivity index (χ3v) is 2.24. The second-order valence-electron chi connectivity index (χ2n) is 3.87. The molecule has 6 nitrogen and oxygen atoms in total. The smallest absolute Gasteiger partial charge is 0.422 e. The summed E-state index contributed by atoms with van der Waals surface area (Å²) in [7, 11) is 0. The summed E-state index contributed by atoms with van der Waals surface area (Å²) in [6.07, 6.45) is 0. The lowest BCUT2D eigenvalue weighted by Gasteiger charge is -2.04. The number of esters is 2. The van der Waals surface area contributed by atoms with E-state index in [9.17, 15) is 9.59 Å². The highest BCUT2D eigenvalue weighted by Gasteiger charge is 2.24. The Morgan fingerprint density at radius 3 is 2.20 bits per heavy atom. The van der Waals surface area contributed by atoms with Gasteiger partial charge in [0.1, 0.15) is 13.2 Å². The van der Waals surface area contributed by atoms with Crippen LogP contribution in [0, 0.1) is 0 Å². The Morgan fingerprint density at radius 2 is 1.70 bits per heavy atom. The lowest BCUT2D eigenvalue weighted by Crippen LogP contribution is -2.22. The zero-order valence-corrected chi connectivity index (χ0v) is 11.0. The third kappa shape index (κ3) is 4.51. The molecule has 0 aliphatic carbocycles. The van der Waals surface area contributed by atoms with E-state index in [-0.39, 0.29) is 24.5 Å². The second-order valence-corrected chi connectivity index (χ2v) is 3.87. The molecule has 1 aromatic carbocycles. The highest BCUT2D eigenvalue weighted by molar-refractivity contribution is 6.40.